The van der Waals surface area contributed by atoms with Crippen LogP contribution in [0.4, 0.5) is 4.79 Å². The Morgan fingerprint density at radius 3 is 2.53 bits per heavy atom. The summed E-state index contributed by atoms with van der Waals surface area (Å²) in [5, 5.41) is 11.4. The fraction of sp³-hybridized carbons (Fsp3) is 0.800. The minimum atomic E-state index is -0.870. The van der Waals surface area contributed by atoms with Gasteiger partial charge in [0, 0.05) is 19.1 Å². The number of aliphatic carboxylic acids is 1. The van der Waals surface area contributed by atoms with Crippen molar-refractivity contribution >= 4 is 12.0 Å². The van der Waals surface area contributed by atoms with Crippen molar-refractivity contribution in [1.82, 2.24) is 10.2 Å². The van der Waals surface area contributed by atoms with Gasteiger partial charge in [-0.1, -0.05) is 0 Å². The zero-order valence-corrected chi connectivity index (χ0v) is 9.03. The van der Waals surface area contributed by atoms with Gasteiger partial charge in [-0.3, -0.25) is 4.79 Å². The highest BCUT2D eigenvalue weighted by molar-refractivity contribution is 5.75. The number of amides is 2. The minimum absolute atomic E-state index is 0.00588. The second-order valence-corrected chi connectivity index (χ2v) is 3.80. The first-order valence-corrected chi connectivity index (χ1v) is 5.40. The summed E-state index contributed by atoms with van der Waals surface area (Å²) in [5.74, 6) is -0.870. The van der Waals surface area contributed by atoms with Crippen LogP contribution in [0.15, 0.2) is 0 Å². The third-order valence-corrected chi connectivity index (χ3v) is 2.70. The molecule has 1 aliphatic rings. The number of carboxylic acids is 1. The Kier molecular flexibility index (Phi) is 4.39. The smallest absolute Gasteiger partial charge is 0.317 e. The molecule has 15 heavy (non-hydrogen) atoms. The molecule has 0 aromatic heterocycles. The Hall–Kier alpha value is -1.26. The number of carbonyl (C=O) groups excluding carboxylic acids is 1. The molecule has 5 heteroatoms. The van der Waals surface area contributed by atoms with Crippen molar-refractivity contribution in [3.05, 3.63) is 0 Å². The normalized spacial score (nSPS) is 15.5. The van der Waals surface area contributed by atoms with Gasteiger partial charge in [0.15, 0.2) is 0 Å². The van der Waals surface area contributed by atoms with Crippen molar-refractivity contribution in [2.45, 2.75) is 38.6 Å². The van der Waals surface area contributed by atoms with Crippen molar-refractivity contribution in [3.63, 3.8) is 0 Å². The standard InChI is InChI=1S/C10H18N2O3/c1-2-12(7-6-9(13)14)10(15)11-8-4-3-5-8/h8H,2-7H2,1H3,(H,11,15)(H,13,14). The molecule has 86 valence electrons. The lowest BCUT2D eigenvalue weighted by Crippen LogP contribution is -2.47. The molecule has 0 atom stereocenters. The summed E-state index contributed by atoms with van der Waals surface area (Å²) in [5.41, 5.74) is 0. The van der Waals surface area contributed by atoms with Gasteiger partial charge in [-0.25, -0.2) is 4.79 Å². The number of rotatable bonds is 5. The molecule has 2 amide bonds. The fourth-order valence-electron chi connectivity index (χ4n) is 1.45. The van der Waals surface area contributed by atoms with Crippen LogP contribution in [-0.2, 0) is 4.79 Å². The Morgan fingerprint density at radius 2 is 2.13 bits per heavy atom. The van der Waals surface area contributed by atoms with Gasteiger partial charge in [-0.05, 0) is 26.2 Å². The molecule has 0 heterocycles. The van der Waals surface area contributed by atoms with Crippen LogP contribution in [0.3, 0.4) is 0 Å². The molecule has 0 bridgehead atoms. The molecule has 5 nitrogen and oxygen atoms in total. The van der Waals surface area contributed by atoms with Crippen molar-refractivity contribution in [2.75, 3.05) is 13.1 Å². The molecule has 1 aliphatic carbocycles. The highest BCUT2D eigenvalue weighted by Crippen LogP contribution is 2.18. The van der Waals surface area contributed by atoms with Gasteiger partial charge < -0.3 is 15.3 Å². The number of nitrogens with zero attached hydrogens (tertiary/aromatic N) is 1. The Bertz CT molecular complexity index is 239. The van der Waals surface area contributed by atoms with E-state index in [0.29, 0.717) is 12.6 Å². The first-order chi connectivity index (χ1) is 7.13. The number of urea groups is 1. The molecule has 0 unspecified atom stereocenters. The van der Waals surface area contributed by atoms with Crippen LogP contribution in [-0.4, -0.2) is 41.1 Å². The minimum Gasteiger partial charge on any atom is -0.481 e. The summed E-state index contributed by atoms with van der Waals surface area (Å²) in [6, 6.07) is 0.167. The van der Waals surface area contributed by atoms with Gasteiger partial charge >= 0.3 is 12.0 Å². The van der Waals surface area contributed by atoms with Crippen molar-refractivity contribution < 1.29 is 14.7 Å². The SMILES string of the molecule is CCN(CCC(=O)O)C(=O)NC1CCC1. The molecule has 1 saturated carbocycles. The molecule has 2 N–H and O–H groups in total. The predicted octanol–water partition coefficient (Wildman–Crippen LogP) is 1.05. The van der Waals surface area contributed by atoms with E-state index in [2.05, 4.69) is 5.32 Å². The van der Waals surface area contributed by atoms with Crippen LogP contribution in [0.5, 0.6) is 0 Å². The van der Waals surface area contributed by atoms with E-state index in [9.17, 15) is 9.59 Å². The van der Waals surface area contributed by atoms with Crippen molar-refractivity contribution in [1.29, 1.82) is 0 Å². The van der Waals surface area contributed by atoms with E-state index in [1.807, 2.05) is 6.92 Å². The van der Waals surface area contributed by atoms with E-state index in [1.165, 1.54) is 11.3 Å². The molecular weight excluding hydrogens is 196 g/mol. The number of hydrogen-bond donors (Lipinski definition) is 2. The van der Waals surface area contributed by atoms with Crippen LogP contribution in [0.25, 0.3) is 0 Å². The topological polar surface area (TPSA) is 69.6 Å². The molecule has 1 rings (SSSR count). The summed E-state index contributed by atoms with van der Waals surface area (Å²) in [6.07, 6.45) is 3.27. The van der Waals surface area contributed by atoms with Gasteiger partial charge in [0.2, 0.25) is 0 Å². The summed E-state index contributed by atoms with van der Waals surface area (Å²) in [6.45, 7) is 2.68. The maximum Gasteiger partial charge on any atom is 0.317 e. The monoisotopic (exact) mass is 214 g/mol. The van der Waals surface area contributed by atoms with Crippen molar-refractivity contribution in [3.8, 4) is 0 Å². The van der Waals surface area contributed by atoms with Gasteiger partial charge in [0.05, 0.1) is 6.42 Å². The molecule has 0 aliphatic heterocycles. The van der Waals surface area contributed by atoms with Gasteiger partial charge in [0.25, 0.3) is 0 Å². The van der Waals surface area contributed by atoms with Crippen molar-refractivity contribution in [2.24, 2.45) is 0 Å². The zero-order valence-electron chi connectivity index (χ0n) is 9.03. The maximum atomic E-state index is 11.6. The molecular formula is C10H18N2O3. The largest absolute Gasteiger partial charge is 0.481 e. The van der Waals surface area contributed by atoms with Crippen LogP contribution >= 0.6 is 0 Å². The number of carbonyl (C=O) groups is 2. The Balaban J connectivity index is 2.28. The van der Waals surface area contributed by atoms with Gasteiger partial charge in [-0.15, -0.1) is 0 Å². The van der Waals surface area contributed by atoms with Crippen LogP contribution < -0.4 is 5.32 Å². The highest BCUT2D eigenvalue weighted by atomic mass is 16.4. The third kappa shape index (κ3) is 3.77. The summed E-state index contributed by atoms with van der Waals surface area (Å²) in [7, 11) is 0. The predicted molar refractivity (Wildman–Crippen MR) is 55.7 cm³/mol. The third-order valence-electron chi connectivity index (χ3n) is 2.70. The molecule has 0 spiro atoms. The summed E-state index contributed by atoms with van der Waals surface area (Å²) < 4.78 is 0. The fourth-order valence-corrected chi connectivity index (χ4v) is 1.45. The number of nitrogens with one attached hydrogen (secondary N) is 1. The van der Waals surface area contributed by atoms with E-state index in [0.717, 1.165) is 12.8 Å². The molecule has 0 aromatic carbocycles. The second-order valence-electron chi connectivity index (χ2n) is 3.80. The van der Waals surface area contributed by atoms with Gasteiger partial charge in [-0.2, -0.15) is 0 Å². The Labute approximate surface area is 89.4 Å². The summed E-state index contributed by atoms with van der Waals surface area (Å²) >= 11 is 0. The number of carboxylic acid groups (broad SMARTS) is 1. The second kappa shape index (κ2) is 5.58. The molecule has 0 saturated heterocycles. The van der Waals surface area contributed by atoms with Crippen LogP contribution in [0.1, 0.15) is 32.6 Å². The molecule has 0 radical (unpaired) electrons. The molecule has 0 aromatic rings. The lowest BCUT2D eigenvalue weighted by atomic mass is 9.93. The first kappa shape index (κ1) is 11.8. The van der Waals surface area contributed by atoms with E-state index in [-0.39, 0.29) is 19.0 Å². The maximum absolute atomic E-state index is 11.6. The van der Waals surface area contributed by atoms with Crippen LogP contribution in [0.2, 0.25) is 0 Å². The highest BCUT2D eigenvalue weighted by Gasteiger charge is 2.21. The first-order valence-electron chi connectivity index (χ1n) is 5.40. The average molecular weight is 214 g/mol. The zero-order chi connectivity index (χ0) is 11.3. The van der Waals surface area contributed by atoms with E-state index in [4.69, 9.17) is 5.11 Å². The molecule has 1 fully saturated rings. The number of hydrogen-bond acceptors (Lipinski definition) is 2. The van der Waals surface area contributed by atoms with Gasteiger partial charge in [0.1, 0.15) is 0 Å². The lowest BCUT2D eigenvalue weighted by molar-refractivity contribution is -0.137. The summed E-state index contributed by atoms with van der Waals surface area (Å²) in [4.78, 5) is 23.5. The lowest BCUT2D eigenvalue weighted by Gasteiger charge is -2.30. The average Bonchev–Trinajstić information content (AvgIpc) is 2.12. The Morgan fingerprint density at radius 1 is 1.47 bits per heavy atom. The van der Waals surface area contributed by atoms with E-state index < -0.39 is 5.97 Å². The van der Waals surface area contributed by atoms with E-state index in [1.54, 1.807) is 0 Å². The van der Waals surface area contributed by atoms with Crippen LogP contribution in [0, 0.1) is 0 Å². The quantitative estimate of drug-likeness (QED) is 0.718. The van der Waals surface area contributed by atoms with E-state index >= 15 is 0 Å².